The summed E-state index contributed by atoms with van der Waals surface area (Å²) in [6.45, 7) is 2.67. The van der Waals surface area contributed by atoms with Crippen molar-refractivity contribution in [2.75, 3.05) is 12.3 Å². The number of aryl methyl sites for hydroxylation is 1. The average Bonchev–Trinajstić information content (AvgIpc) is 2.78. The third-order valence-electron chi connectivity index (χ3n) is 3.82. The van der Waals surface area contributed by atoms with Gasteiger partial charge in [0.2, 0.25) is 5.91 Å². The molecule has 0 saturated heterocycles. The van der Waals surface area contributed by atoms with Crippen molar-refractivity contribution in [3.63, 3.8) is 0 Å². The maximum atomic E-state index is 11.4. The van der Waals surface area contributed by atoms with E-state index in [0.717, 1.165) is 31.2 Å². The van der Waals surface area contributed by atoms with Crippen LogP contribution in [-0.2, 0) is 11.2 Å². The molecule has 0 heterocycles. The van der Waals surface area contributed by atoms with Gasteiger partial charge in [-0.3, -0.25) is 4.79 Å². The molecule has 0 aliphatic heterocycles. The molecule has 4 N–H and O–H groups in total. The lowest BCUT2D eigenvalue weighted by molar-refractivity contribution is -0.121. The van der Waals surface area contributed by atoms with Crippen molar-refractivity contribution in [2.24, 2.45) is 0 Å². The van der Waals surface area contributed by atoms with E-state index in [4.69, 9.17) is 5.73 Å². The molecule has 104 valence electrons. The third-order valence-corrected chi connectivity index (χ3v) is 3.82. The highest BCUT2D eigenvalue weighted by Gasteiger charge is 2.25. The number of aromatic hydroxyl groups is 1. The van der Waals surface area contributed by atoms with Gasteiger partial charge in [-0.25, -0.2) is 0 Å². The number of phenolic OH excluding ortho intramolecular Hbond substituents is 1. The summed E-state index contributed by atoms with van der Waals surface area (Å²) in [5, 5.41) is 12.6. The molecule has 0 radical (unpaired) electrons. The fourth-order valence-corrected chi connectivity index (χ4v) is 2.83. The molecule has 19 heavy (non-hydrogen) atoms. The van der Waals surface area contributed by atoms with Gasteiger partial charge in [-0.05, 0) is 48.8 Å². The number of phenols is 1. The predicted octanol–water partition coefficient (Wildman–Crippen LogP) is 2.31. The zero-order valence-electron chi connectivity index (χ0n) is 11.4. The first-order chi connectivity index (χ1) is 9.13. The molecule has 0 aromatic heterocycles. The first-order valence-electron chi connectivity index (χ1n) is 7.00. The van der Waals surface area contributed by atoms with Gasteiger partial charge in [-0.15, -0.1) is 0 Å². The van der Waals surface area contributed by atoms with E-state index in [1.165, 1.54) is 5.56 Å². The molecule has 1 aromatic rings. The van der Waals surface area contributed by atoms with Crippen LogP contribution in [0.4, 0.5) is 5.69 Å². The maximum absolute atomic E-state index is 11.4. The summed E-state index contributed by atoms with van der Waals surface area (Å²) in [4.78, 5) is 11.4. The molecule has 4 nitrogen and oxygen atoms in total. The number of amides is 1. The van der Waals surface area contributed by atoms with Crippen molar-refractivity contribution in [1.82, 2.24) is 5.32 Å². The smallest absolute Gasteiger partial charge is 0.219 e. The number of carbonyl (C=O) groups is 1. The van der Waals surface area contributed by atoms with E-state index in [-0.39, 0.29) is 11.7 Å². The number of benzene rings is 1. The fraction of sp³-hybridized carbons (Fsp3) is 0.533. The molecule has 1 aliphatic rings. The summed E-state index contributed by atoms with van der Waals surface area (Å²) < 4.78 is 0. The van der Waals surface area contributed by atoms with E-state index in [1.807, 2.05) is 13.0 Å². The van der Waals surface area contributed by atoms with Crippen molar-refractivity contribution in [3.05, 3.63) is 23.3 Å². The summed E-state index contributed by atoms with van der Waals surface area (Å²) >= 11 is 0. The standard InChI is InChI=1S/C15H22N2O2/c1-2-3-13(19)17-9-8-11-5-4-10-6-7-12(18)15(16)14(10)11/h6-7,11,18H,2-5,8-9,16H2,1H3,(H,17,19). The molecular weight excluding hydrogens is 240 g/mol. The lowest BCUT2D eigenvalue weighted by atomic mass is 9.96. The number of hydrogen-bond acceptors (Lipinski definition) is 3. The van der Waals surface area contributed by atoms with Crippen LogP contribution in [0.2, 0.25) is 0 Å². The van der Waals surface area contributed by atoms with Crippen LogP contribution in [0.15, 0.2) is 12.1 Å². The molecule has 1 aliphatic carbocycles. The molecule has 1 amide bonds. The second kappa shape index (κ2) is 5.95. The number of anilines is 1. The van der Waals surface area contributed by atoms with Crippen molar-refractivity contribution < 1.29 is 9.90 Å². The Morgan fingerprint density at radius 1 is 1.53 bits per heavy atom. The van der Waals surface area contributed by atoms with Crippen molar-refractivity contribution in [3.8, 4) is 5.75 Å². The summed E-state index contributed by atoms with van der Waals surface area (Å²) in [5.74, 6) is 0.634. The maximum Gasteiger partial charge on any atom is 0.219 e. The lowest BCUT2D eigenvalue weighted by Crippen LogP contribution is -2.24. The zero-order valence-corrected chi connectivity index (χ0v) is 11.4. The van der Waals surface area contributed by atoms with Gasteiger partial charge in [-0.2, -0.15) is 0 Å². The minimum absolute atomic E-state index is 0.115. The van der Waals surface area contributed by atoms with Gasteiger partial charge < -0.3 is 16.2 Å². The van der Waals surface area contributed by atoms with Crippen LogP contribution in [0.3, 0.4) is 0 Å². The minimum Gasteiger partial charge on any atom is -0.506 e. The fourth-order valence-electron chi connectivity index (χ4n) is 2.83. The van der Waals surface area contributed by atoms with Crippen LogP contribution in [0.5, 0.6) is 5.75 Å². The lowest BCUT2D eigenvalue weighted by Gasteiger charge is -2.15. The number of rotatable bonds is 5. The highest BCUT2D eigenvalue weighted by molar-refractivity contribution is 5.75. The normalized spacial score (nSPS) is 17.2. The van der Waals surface area contributed by atoms with Gasteiger partial charge in [-0.1, -0.05) is 13.0 Å². The van der Waals surface area contributed by atoms with Crippen LogP contribution in [-0.4, -0.2) is 17.6 Å². The average molecular weight is 262 g/mol. The Labute approximate surface area is 114 Å². The predicted molar refractivity (Wildman–Crippen MR) is 76.1 cm³/mol. The Bertz CT molecular complexity index is 471. The van der Waals surface area contributed by atoms with Gasteiger partial charge in [0.1, 0.15) is 5.75 Å². The topological polar surface area (TPSA) is 75.3 Å². The first kappa shape index (κ1) is 13.7. The van der Waals surface area contributed by atoms with Crippen LogP contribution in [0, 0.1) is 0 Å². The van der Waals surface area contributed by atoms with Crippen LogP contribution >= 0.6 is 0 Å². The molecule has 1 aromatic carbocycles. The minimum atomic E-state index is 0.115. The van der Waals surface area contributed by atoms with Crippen molar-refractivity contribution in [2.45, 2.75) is 44.9 Å². The van der Waals surface area contributed by atoms with Crippen LogP contribution < -0.4 is 11.1 Å². The van der Waals surface area contributed by atoms with Gasteiger partial charge in [0.15, 0.2) is 0 Å². The molecule has 4 heteroatoms. The Balaban J connectivity index is 1.95. The quantitative estimate of drug-likeness (QED) is 0.563. The monoisotopic (exact) mass is 262 g/mol. The largest absolute Gasteiger partial charge is 0.506 e. The van der Waals surface area contributed by atoms with E-state index in [1.54, 1.807) is 6.07 Å². The summed E-state index contributed by atoms with van der Waals surface area (Å²) in [5.41, 5.74) is 8.80. The van der Waals surface area contributed by atoms with Crippen molar-refractivity contribution in [1.29, 1.82) is 0 Å². The molecule has 1 unspecified atom stereocenters. The first-order valence-corrected chi connectivity index (χ1v) is 7.00. The highest BCUT2D eigenvalue weighted by Crippen LogP contribution is 2.42. The highest BCUT2D eigenvalue weighted by atomic mass is 16.3. The van der Waals surface area contributed by atoms with Gasteiger partial charge in [0, 0.05) is 13.0 Å². The Morgan fingerprint density at radius 3 is 3.05 bits per heavy atom. The Morgan fingerprint density at radius 2 is 2.32 bits per heavy atom. The molecule has 0 spiro atoms. The summed E-state index contributed by atoms with van der Waals surface area (Å²) in [6.07, 6.45) is 4.40. The van der Waals surface area contributed by atoms with E-state index in [0.29, 0.717) is 24.6 Å². The molecule has 0 fully saturated rings. The van der Waals surface area contributed by atoms with Crippen LogP contribution in [0.25, 0.3) is 0 Å². The van der Waals surface area contributed by atoms with E-state index < -0.39 is 0 Å². The van der Waals surface area contributed by atoms with E-state index in [2.05, 4.69) is 5.32 Å². The number of fused-ring (bicyclic) bond motifs is 1. The number of nitrogens with one attached hydrogen (secondary N) is 1. The van der Waals surface area contributed by atoms with Gasteiger partial charge in [0.05, 0.1) is 5.69 Å². The summed E-state index contributed by atoms with van der Waals surface area (Å²) in [6, 6.07) is 3.62. The number of hydrogen-bond donors (Lipinski definition) is 3. The number of carbonyl (C=O) groups excluding carboxylic acids is 1. The Hall–Kier alpha value is -1.71. The van der Waals surface area contributed by atoms with E-state index >= 15 is 0 Å². The molecular formula is C15H22N2O2. The van der Waals surface area contributed by atoms with Gasteiger partial charge in [0.25, 0.3) is 0 Å². The van der Waals surface area contributed by atoms with Gasteiger partial charge >= 0.3 is 0 Å². The summed E-state index contributed by atoms with van der Waals surface area (Å²) in [7, 11) is 0. The SMILES string of the molecule is CCCC(=O)NCCC1CCc2ccc(O)c(N)c21. The van der Waals surface area contributed by atoms with E-state index in [9.17, 15) is 9.90 Å². The molecule has 1 atom stereocenters. The number of nitrogens with two attached hydrogens (primary N) is 1. The molecule has 0 bridgehead atoms. The van der Waals surface area contributed by atoms with Crippen LogP contribution in [0.1, 0.15) is 49.7 Å². The Kier molecular flexibility index (Phi) is 4.30. The van der Waals surface area contributed by atoms with Crippen molar-refractivity contribution >= 4 is 11.6 Å². The third kappa shape index (κ3) is 3.00. The molecule has 2 rings (SSSR count). The molecule has 0 saturated carbocycles. The second-order valence-electron chi connectivity index (χ2n) is 5.20. The zero-order chi connectivity index (χ0) is 13.8. The number of nitrogen functional groups attached to an aromatic ring is 1. The second-order valence-corrected chi connectivity index (χ2v) is 5.20.